The number of sulfone groups is 1. The van der Waals surface area contributed by atoms with Crippen molar-refractivity contribution >= 4 is 15.7 Å². The van der Waals surface area contributed by atoms with Crippen LogP contribution in [0.25, 0.3) is 0 Å². The van der Waals surface area contributed by atoms with Crippen molar-refractivity contribution in [1.82, 2.24) is 4.90 Å². The van der Waals surface area contributed by atoms with Crippen LogP contribution in [0.4, 0.5) is 0 Å². The Balaban J connectivity index is 2.72. The maximum absolute atomic E-state index is 12.2. The van der Waals surface area contributed by atoms with Crippen molar-refractivity contribution in [2.75, 3.05) is 18.8 Å². The minimum absolute atomic E-state index is 0.0769. The summed E-state index contributed by atoms with van der Waals surface area (Å²) in [5, 5.41) is 0. The van der Waals surface area contributed by atoms with Gasteiger partial charge in [0.1, 0.15) is 5.75 Å². The molecule has 0 fully saturated rings. The lowest BCUT2D eigenvalue weighted by Crippen LogP contribution is -2.37. The highest BCUT2D eigenvalue weighted by Crippen LogP contribution is 2.10. The molecule has 21 heavy (non-hydrogen) atoms. The average Bonchev–Trinajstić information content (AvgIpc) is 2.37. The Labute approximate surface area is 128 Å². The predicted molar refractivity (Wildman–Crippen MR) is 85.8 cm³/mol. The number of aryl methyl sites for hydroxylation is 1. The normalized spacial score (nSPS) is 11.4. The Hall–Kier alpha value is -1.36. The number of hydrogen-bond donors (Lipinski definition) is 0. The minimum Gasteiger partial charge on any atom is -0.342 e. The Morgan fingerprint density at radius 3 is 2.29 bits per heavy atom. The second-order valence-corrected chi connectivity index (χ2v) is 7.47. The van der Waals surface area contributed by atoms with Gasteiger partial charge in [-0.05, 0) is 25.3 Å². The number of rotatable bonds is 8. The van der Waals surface area contributed by atoms with Gasteiger partial charge in [0, 0.05) is 13.1 Å². The van der Waals surface area contributed by atoms with E-state index in [1.54, 1.807) is 11.0 Å². The lowest BCUT2D eigenvalue weighted by molar-refractivity contribution is -0.128. The molecular weight excluding hydrogens is 286 g/mol. The van der Waals surface area contributed by atoms with Crippen LogP contribution in [0.2, 0.25) is 0 Å². The Kier molecular flexibility index (Phi) is 6.89. The standard InChI is InChI=1S/C16H25NO3S/c1-4-9-17(10-5-2)16(18)13-21(19,20)12-15-8-6-7-14(3)11-15/h6-8,11H,4-5,9-10,12-13H2,1-3H3. The first-order chi connectivity index (χ1) is 9.88. The molecule has 0 spiro atoms. The molecule has 0 aliphatic rings. The van der Waals surface area contributed by atoms with Gasteiger partial charge in [0.2, 0.25) is 5.91 Å². The van der Waals surface area contributed by atoms with Gasteiger partial charge in [0.15, 0.2) is 9.84 Å². The van der Waals surface area contributed by atoms with E-state index in [9.17, 15) is 13.2 Å². The highest BCUT2D eigenvalue weighted by Gasteiger charge is 2.21. The molecule has 0 radical (unpaired) electrons. The summed E-state index contributed by atoms with van der Waals surface area (Å²) in [5.41, 5.74) is 1.76. The second-order valence-electron chi connectivity index (χ2n) is 5.40. The van der Waals surface area contributed by atoms with E-state index in [1.165, 1.54) is 0 Å². The molecule has 4 nitrogen and oxygen atoms in total. The number of hydrogen-bond acceptors (Lipinski definition) is 3. The first kappa shape index (κ1) is 17.7. The molecule has 1 aromatic carbocycles. The van der Waals surface area contributed by atoms with E-state index in [0.29, 0.717) is 13.1 Å². The zero-order valence-corrected chi connectivity index (χ0v) is 13.9. The first-order valence-electron chi connectivity index (χ1n) is 7.41. The largest absolute Gasteiger partial charge is 0.342 e. The molecule has 0 unspecified atom stereocenters. The van der Waals surface area contributed by atoms with Gasteiger partial charge in [-0.1, -0.05) is 43.7 Å². The van der Waals surface area contributed by atoms with Crippen molar-refractivity contribution in [3.05, 3.63) is 35.4 Å². The number of carbonyl (C=O) groups excluding carboxylic acids is 1. The third-order valence-corrected chi connectivity index (χ3v) is 4.61. The van der Waals surface area contributed by atoms with Gasteiger partial charge in [-0.15, -0.1) is 0 Å². The summed E-state index contributed by atoms with van der Waals surface area (Å²) in [4.78, 5) is 13.8. The predicted octanol–water partition coefficient (Wildman–Crippen LogP) is 2.56. The molecule has 0 aromatic heterocycles. The molecule has 5 heteroatoms. The van der Waals surface area contributed by atoms with Gasteiger partial charge >= 0.3 is 0 Å². The smallest absolute Gasteiger partial charge is 0.237 e. The first-order valence-corrected chi connectivity index (χ1v) is 9.23. The molecule has 0 saturated carbocycles. The maximum atomic E-state index is 12.2. The molecule has 118 valence electrons. The second kappa shape index (κ2) is 8.17. The van der Waals surface area contributed by atoms with E-state index in [0.717, 1.165) is 24.0 Å². The van der Waals surface area contributed by atoms with Gasteiger partial charge < -0.3 is 4.90 Å². The summed E-state index contributed by atoms with van der Waals surface area (Å²) in [6.45, 7) is 7.12. The van der Waals surface area contributed by atoms with Crippen molar-refractivity contribution in [2.24, 2.45) is 0 Å². The van der Waals surface area contributed by atoms with Crippen molar-refractivity contribution in [3.8, 4) is 0 Å². The highest BCUT2D eigenvalue weighted by molar-refractivity contribution is 7.91. The fourth-order valence-corrected chi connectivity index (χ4v) is 3.64. The van der Waals surface area contributed by atoms with Crippen LogP contribution >= 0.6 is 0 Å². The van der Waals surface area contributed by atoms with Crippen molar-refractivity contribution in [3.63, 3.8) is 0 Å². The fourth-order valence-electron chi connectivity index (χ4n) is 2.29. The quantitative estimate of drug-likeness (QED) is 0.741. The summed E-state index contributed by atoms with van der Waals surface area (Å²) in [7, 11) is -3.42. The van der Waals surface area contributed by atoms with Gasteiger partial charge in [-0.2, -0.15) is 0 Å². The fraction of sp³-hybridized carbons (Fsp3) is 0.562. The molecule has 1 amide bonds. The van der Waals surface area contributed by atoms with Gasteiger partial charge in [-0.25, -0.2) is 8.42 Å². The average molecular weight is 311 g/mol. The molecule has 0 saturated heterocycles. The zero-order valence-electron chi connectivity index (χ0n) is 13.1. The summed E-state index contributed by atoms with van der Waals surface area (Å²) >= 11 is 0. The van der Waals surface area contributed by atoms with Crippen LogP contribution in [0.15, 0.2) is 24.3 Å². The van der Waals surface area contributed by atoms with Crippen LogP contribution in [0.1, 0.15) is 37.8 Å². The Morgan fingerprint density at radius 2 is 1.76 bits per heavy atom. The van der Waals surface area contributed by atoms with E-state index in [-0.39, 0.29) is 11.7 Å². The van der Waals surface area contributed by atoms with Crippen LogP contribution in [0.3, 0.4) is 0 Å². The summed E-state index contributed by atoms with van der Waals surface area (Å²) in [6, 6.07) is 7.39. The van der Waals surface area contributed by atoms with E-state index in [1.807, 2.05) is 39.0 Å². The van der Waals surface area contributed by atoms with Crippen LogP contribution < -0.4 is 0 Å². The van der Waals surface area contributed by atoms with Gasteiger partial charge in [0.05, 0.1) is 5.75 Å². The Bertz CT molecular complexity index is 561. The zero-order chi connectivity index (χ0) is 15.9. The van der Waals surface area contributed by atoms with Crippen LogP contribution in [-0.4, -0.2) is 38.1 Å². The molecule has 0 atom stereocenters. The van der Waals surface area contributed by atoms with Crippen LogP contribution in [-0.2, 0) is 20.4 Å². The lowest BCUT2D eigenvalue weighted by Gasteiger charge is -2.21. The van der Waals surface area contributed by atoms with E-state index in [2.05, 4.69) is 0 Å². The molecular formula is C16H25NO3S. The molecule has 1 aromatic rings. The SMILES string of the molecule is CCCN(CCC)C(=O)CS(=O)(=O)Cc1cccc(C)c1. The molecule has 1 rings (SSSR count). The number of nitrogens with zero attached hydrogens (tertiary/aromatic N) is 1. The summed E-state index contributed by atoms with van der Waals surface area (Å²) in [5.74, 6) is -0.765. The third kappa shape index (κ3) is 6.29. The minimum atomic E-state index is -3.42. The molecule has 0 heterocycles. The monoisotopic (exact) mass is 311 g/mol. The Morgan fingerprint density at radius 1 is 1.14 bits per heavy atom. The van der Waals surface area contributed by atoms with E-state index in [4.69, 9.17) is 0 Å². The summed E-state index contributed by atoms with van der Waals surface area (Å²) < 4.78 is 24.4. The maximum Gasteiger partial charge on any atom is 0.237 e. The number of carbonyl (C=O) groups is 1. The van der Waals surface area contributed by atoms with Gasteiger partial charge in [-0.3, -0.25) is 4.79 Å². The van der Waals surface area contributed by atoms with Crippen molar-refractivity contribution in [2.45, 2.75) is 39.4 Å². The highest BCUT2D eigenvalue weighted by atomic mass is 32.2. The number of amides is 1. The molecule has 0 aliphatic carbocycles. The third-order valence-electron chi connectivity index (χ3n) is 3.15. The van der Waals surface area contributed by atoms with Gasteiger partial charge in [0.25, 0.3) is 0 Å². The van der Waals surface area contributed by atoms with Crippen molar-refractivity contribution < 1.29 is 13.2 Å². The van der Waals surface area contributed by atoms with Crippen molar-refractivity contribution in [1.29, 1.82) is 0 Å². The topological polar surface area (TPSA) is 54.5 Å². The lowest BCUT2D eigenvalue weighted by atomic mass is 10.2. The van der Waals surface area contributed by atoms with Crippen LogP contribution in [0.5, 0.6) is 0 Å². The molecule has 0 aliphatic heterocycles. The molecule has 0 N–H and O–H groups in total. The van der Waals surface area contributed by atoms with E-state index >= 15 is 0 Å². The summed E-state index contributed by atoms with van der Waals surface area (Å²) in [6.07, 6.45) is 1.67. The van der Waals surface area contributed by atoms with Crippen LogP contribution in [0, 0.1) is 6.92 Å². The number of benzene rings is 1. The molecule has 0 bridgehead atoms. The van der Waals surface area contributed by atoms with E-state index < -0.39 is 15.6 Å².